The summed E-state index contributed by atoms with van der Waals surface area (Å²) >= 11 is 0. The molecule has 10 heteroatoms. The molecule has 0 spiro atoms. The molecule has 3 aromatic rings. The molecule has 3 amide bonds. The molecular weight excluding hydrogens is 488 g/mol. The van der Waals surface area contributed by atoms with E-state index in [-0.39, 0.29) is 18.9 Å². The van der Waals surface area contributed by atoms with Crippen molar-refractivity contribution in [1.29, 1.82) is 0 Å². The standard InChI is InChI=1S/C28H30N4O6/c33-25-14-13-21(16-20-17-32(28(36)37)24-12-5-4-10-22(20)24)30-26(34)23(11-6-7-15-29-25)31-27(35)38-18-19-8-2-1-3-9-19/h1-5,8-10,12-14,17,21,23H,6-7,11,15-16,18H2,(H,29,33)(H,30,34)(H,31,35)(H,36,37)/b14-13+/t21-,23+/m1/s1. The zero-order valence-corrected chi connectivity index (χ0v) is 20.8. The summed E-state index contributed by atoms with van der Waals surface area (Å²) in [6.07, 6.45) is 4.46. The summed E-state index contributed by atoms with van der Waals surface area (Å²) in [5.41, 5.74) is 2.04. The van der Waals surface area contributed by atoms with Crippen LogP contribution in [0, 0.1) is 0 Å². The number of ether oxygens (including phenoxy) is 1. The molecular formula is C28H30N4O6. The third-order valence-electron chi connectivity index (χ3n) is 6.29. The van der Waals surface area contributed by atoms with Crippen LogP contribution in [0.5, 0.6) is 0 Å². The van der Waals surface area contributed by atoms with E-state index >= 15 is 0 Å². The van der Waals surface area contributed by atoms with Crippen LogP contribution >= 0.6 is 0 Å². The van der Waals surface area contributed by atoms with Crippen molar-refractivity contribution in [2.24, 2.45) is 0 Å². The lowest BCUT2D eigenvalue weighted by atomic mass is 10.0. The zero-order valence-electron chi connectivity index (χ0n) is 20.8. The van der Waals surface area contributed by atoms with Crippen LogP contribution in [-0.4, -0.2) is 52.3 Å². The number of nitrogens with zero attached hydrogens (tertiary/aromatic N) is 1. The van der Waals surface area contributed by atoms with Gasteiger partial charge in [0, 0.05) is 24.2 Å². The lowest BCUT2D eigenvalue weighted by Crippen LogP contribution is -2.50. The Kier molecular flexibility index (Phi) is 8.76. The van der Waals surface area contributed by atoms with Crippen molar-refractivity contribution >= 4 is 34.9 Å². The monoisotopic (exact) mass is 518 g/mol. The van der Waals surface area contributed by atoms with Gasteiger partial charge in [-0.3, -0.25) is 14.2 Å². The van der Waals surface area contributed by atoms with Crippen molar-refractivity contribution in [2.45, 2.75) is 44.4 Å². The molecule has 10 nitrogen and oxygen atoms in total. The molecule has 4 rings (SSSR count). The number of carbonyl (C=O) groups is 4. The van der Waals surface area contributed by atoms with E-state index in [9.17, 15) is 24.3 Å². The minimum absolute atomic E-state index is 0.0754. The zero-order chi connectivity index (χ0) is 26.9. The fraction of sp³-hybridized carbons (Fsp3) is 0.286. The van der Waals surface area contributed by atoms with Gasteiger partial charge >= 0.3 is 12.2 Å². The second-order valence-electron chi connectivity index (χ2n) is 9.05. The highest BCUT2D eigenvalue weighted by Gasteiger charge is 2.25. The summed E-state index contributed by atoms with van der Waals surface area (Å²) in [6, 6.07) is 14.8. The first-order valence-electron chi connectivity index (χ1n) is 12.5. The third kappa shape index (κ3) is 7.00. The molecule has 0 fully saturated rings. The van der Waals surface area contributed by atoms with Crippen molar-refractivity contribution < 1.29 is 29.0 Å². The molecule has 0 radical (unpaired) electrons. The number of nitrogens with one attached hydrogen (secondary N) is 3. The fourth-order valence-electron chi connectivity index (χ4n) is 4.38. The maximum Gasteiger partial charge on any atom is 0.416 e. The molecule has 1 aliphatic rings. The van der Waals surface area contributed by atoms with Crippen molar-refractivity contribution in [3.8, 4) is 0 Å². The first-order valence-corrected chi connectivity index (χ1v) is 12.5. The van der Waals surface area contributed by atoms with E-state index in [1.54, 1.807) is 18.2 Å². The summed E-state index contributed by atoms with van der Waals surface area (Å²) in [6.45, 7) is 0.513. The largest absolute Gasteiger partial charge is 0.464 e. The van der Waals surface area contributed by atoms with E-state index in [1.165, 1.54) is 12.3 Å². The highest BCUT2D eigenvalue weighted by atomic mass is 16.5. The average molecular weight is 519 g/mol. The Morgan fingerprint density at radius 3 is 2.61 bits per heavy atom. The Morgan fingerprint density at radius 1 is 1.05 bits per heavy atom. The van der Waals surface area contributed by atoms with Crippen LogP contribution in [0.25, 0.3) is 10.9 Å². The number of fused-ring (bicyclic) bond motifs is 1. The predicted molar refractivity (Wildman–Crippen MR) is 141 cm³/mol. The van der Waals surface area contributed by atoms with E-state index in [1.807, 2.05) is 42.5 Å². The first kappa shape index (κ1) is 26.5. The minimum Gasteiger partial charge on any atom is -0.464 e. The second kappa shape index (κ2) is 12.6. The summed E-state index contributed by atoms with van der Waals surface area (Å²) < 4.78 is 6.43. The van der Waals surface area contributed by atoms with E-state index in [2.05, 4.69) is 16.0 Å². The van der Waals surface area contributed by atoms with Crippen LogP contribution in [0.2, 0.25) is 0 Å². The van der Waals surface area contributed by atoms with E-state index in [0.717, 1.165) is 15.5 Å². The van der Waals surface area contributed by atoms with Gasteiger partial charge in [-0.25, -0.2) is 9.59 Å². The summed E-state index contributed by atoms with van der Waals surface area (Å²) in [4.78, 5) is 49.7. The predicted octanol–water partition coefficient (Wildman–Crippen LogP) is 3.35. The Labute approximate surface area is 219 Å². The number of hydrogen-bond donors (Lipinski definition) is 4. The number of para-hydroxylation sites is 1. The van der Waals surface area contributed by atoms with Gasteiger partial charge in [0.2, 0.25) is 11.8 Å². The molecule has 38 heavy (non-hydrogen) atoms. The maximum atomic E-state index is 13.3. The molecule has 0 aliphatic carbocycles. The normalized spacial score (nSPS) is 19.4. The fourth-order valence-corrected chi connectivity index (χ4v) is 4.38. The molecule has 4 N–H and O–H groups in total. The van der Waals surface area contributed by atoms with Crippen LogP contribution in [0.15, 0.2) is 72.9 Å². The van der Waals surface area contributed by atoms with Crippen LogP contribution in [0.4, 0.5) is 9.59 Å². The van der Waals surface area contributed by atoms with Crippen LogP contribution < -0.4 is 16.0 Å². The molecule has 2 aromatic carbocycles. The second-order valence-corrected chi connectivity index (χ2v) is 9.05. The van der Waals surface area contributed by atoms with Gasteiger partial charge in [-0.1, -0.05) is 54.6 Å². The number of amides is 3. The van der Waals surface area contributed by atoms with Crippen molar-refractivity contribution in [3.63, 3.8) is 0 Å². The highest BCUT2D eigenvalue weighted by Crippen LogP contribution is 2.23. The minimum atomic E-state index is -1.12. The molecule has 198 valence electrons. The summed E-state index contributed by atoms with van der Waals surface area (Å²) in [7, 11) is 0. The maximum absolute atomic E-state index is 13.3. The van der Waals surface area contributed by atoms with Crippen molar-refractivity contribution in [1.82, 2.24) is 20.5 Å². The number of carboxylic acid groups (broad SMARTS) is 1. The summed E-state index contributed by atoms with van der Waals surface area (Å²) in [5, 5.41) is 18.7. The SMILES string of the molecule is O=C1/C=C/[C@H](Cc2cn(C(=O)O)c3ccccc23)NC(=O)[C@@H](NC(=O)OCc2ccccc2)CCCCN1. The molecule has 0 unspecified atom stereocenters. The molecule has 1 aliphatic heterocycles. The smallest absolute Gasteiger partial charge is 0.416 e. The number of hydrogen-bond acceptors (Lipinski definition) is 5. The molecule has 0 bridgehead atoms. The van der Waals surface area contributed by atoms with Gasteiger partial charge in [0.05, 0.1) is 11.6 Å². The number of carbonyl (C=O) groups excluding carboxylic acids is 3. The van der Waals surface area contributed by atoms with Gasteiger partial charge in [-0.15, -0.1) is 0 Å². The van der Waals surface area contributed by atoms with Gasteiger partial charge in [0.1, 0.15) is 12.6 Å². The Hall–Kier alpha value is -4.60. The topological polar surface area (TPSA) is 139 Å². The third-order valence-corrected chi connectivity index (χ3v) is 6.29. The molecule has 2 atom stereocenters. The quantitative estimate of drug-likeness (QED) is 0.409. The number of aromatic nitrogens is 1. The van der Waals surface area contributed by atoms with Crippen molar-refractivity contribution in [3.05, 3.63) is 84.1 Å². The summed E-state index contributed by atoms with van der Waals surface area (Å²) in [5.74, 6) is -0.698. The van der Waals surface area contributed by atoms with Gasteiger partial charge in [-0.05, 0) is 42.9 Å². The molecule has 2 heterocycles. The van der Waals surface area contributed by atoms with E-state index < -0.39 is 30.2 Å². The van der Waals surface area contributed by atoms with Gasteiger partial charge in [-0.2, -0.15) is 0 Å². The number of alkyl carbamates (subject to hydrolysis) is 1. The van der Waals surface area contributed by atoms with Crippen LogP contribution in [0.1, 0.15) is 30.4 Å². The van der Waals surface area contributed by atoms with E-state index in [4.69, 9.17) is 4.74 Å². The Balaban J connectivity index is 1.51. The molecule has 1 aromatic heterocycles. The van der Waals surface area contributed by atoms with Gasteiger partial charge < -0.3 is 25.8 Å². The lowest BCUT2D eigenvalue weighted by molar-refractivity contribution is -0.124. The molecule has 0 saturated heterocycles. The molecule has 0 saturated carbocycles. The van der Waals surface area contributed by atoms with Gasteiger partial charge in [0.15, 0.2) is 0 Å². The number of benzene rings is 2. The van der Waals surface area contributed by atoms with Gasteiger partial charge in [0.25, 0.3) is 0 Å². The van der Waals surface area contributed by atoms with Crippen LogP contribution in [-0.2, 0) is 27.4 Å². The highest BCUT2D eigenvalue weighted by molar-refractivity contribution is 5.92. The lowest BCUT2D eigenvalue weighted by Gasteiger charge is -2.22. The van der Waals surface area contributed by atoms with Crippen LogP contribution in [0.3, 0.4) is 0 Å². The average Bonchev–Trinajstić information content (AvgIpc) is 3.28. The van der Waals surface area contributed by atoms with E-state index in [0.29, 0.717) is 36.9 Å². The number of rotatable bonds is 5. The first-order chi connectivity index (χ1) is 18.4. The van der Waals surface area contributed by atoms with Crippen molar-refractivity contribution in [2.75, 3.05) is 6.54 Å². The Morgan fingerprint density at radius 2 is 1.82 bits per heavy atom. The Bertz CT molecular complexity index is 1330.